The fourth-order valence-corrected chi connectivity index (χ4v) is 3.93. The van der Waals surface area contributed by atoms with Crippen molar-refractivity contribution in [3.63, 3.8) is 0 Å². The van der Waals surface area contributed by atoms with Gasteiger partial charge in [-0.3, -0.25) is 0 Å². The van der Waals surface area contributed by atoms with Crippen molar-refractivity contribution < 1.29 is 14.2 Å². The normalized spacial score (nSPS) is 12.6. The lowest BCUT2D eigenvalue weighted by Crippen LogP contribution is -2.00. The maximum atomic E-state index is 13.8. The van der Waals surface area contributed by atoms with Crippen LogP contribution in [0.5, 0.6) is 5.75 Å². The molecule has 0 aliphatic rings. The molecule has 21 heavy (non-hydrogen) atoms. The van der Waals surface area contributed by atoms with E-state index >= 15 is 0 Å². The highest BCUT2D eigenvalue weighted by molar-refractivity contribution is 9.10. The van der Waals surface area contributed by atoms with Crippen molar-refractivity contribution in [2.45, 2.75) is 6.10 Å². The zero-order valence-corrected chi connectivity index (χ0v) is 13.5. The standard InChI is InChI=1S/C16H12BrFO2S/c1-20-14-6-5-9(7-13(14)18)15(19)11-8-21-16-10(11)3-2-4-12(16)17/h2-8,15,19H,1H3. The monoisotopic (exact) mass is 366 g/mol. The average molecular weight is 367 g/mol. The van der Waals surface area contributed by atoms with Crippen LogP contribution in [-0.2, 0) is 0 Å². The first-order chi connectivity index (χ1) is 10.1. The van der Waals surface area contributed by atoms with Gasteiger partial charge < -0.3 is 9.84 Å². The number of aliphatic hydroxyl groups excluding tert-OH is 1. The summed E-state index contributed by atoms with van der Waals surface area (Å²) in [5.41, 5.74) is 1.29. The molecule has 1 atom stereocenters. The smallest absolute Gasteiger partial charge is 0.165 e. The molecule has 2 nitrogen and oxygen atoms in total. The highest BCUT2D eigenvalue weighted by atomic mass is 79.9. The minimum Gasteiger partial charge on any atom is -0.494 e. The molecule has 3 aromatic rings. The Bertz CT molecular complexity index is 800. The topological polar surface area (TPSA) is 29.5 Å². The molecule has 1 aromatic heterocycles. The SMILES string of the molecule is COc1ccc(C(O)c2csc3c(Br)cccc23)cc1F. The van der Waals surface area contributed by atoms with Crippen LogP contribution in [0.2, 0.25) is 0 Å². The van der Waals surface area contributed by atoms with E-state index in [2.05, 4.69) is 15.9 Å². The number of fused-ring (bicyclic) bond motifs is 1. The van der Waals surface area contributed by atoms with Crippen molar-refractivity contribution in [1.29, 1.82) is 0 Å². The van der Waals surface area contributed by atoms with Gasteiger partial charge >= 0.3 is 0 Å². The van der Waals surface area contributed by atoms with E-state index in [0.717, 1.165) is 20.1 Å². The van der Waals surface area contributed by atoms with Crippen LogP contribution < -0.4 is 4.74 Å². The van der Waals surface area contributed by atoms with Gasteiger partial charge in [-0.25, -0.2) is 4.39 Å². The maximum absolute atomic E-state index is 13.8. The summed E-state index contributed by atoms with van der Waals surface area (Å²) in [6.07, 6.45) is -0.867. The van der Waals surface area contributed by atoms with E-state index in [1.54, 1.807) is 17.4 Å². The lowest BCUT2D eigenvalue weighted by Gasteiger charge is -2.12. The van der Waals surface area contributed by atoms with Crippen LogP contribution in [0.25, 0.3) is 10.1 Å². The van der Waals surface area contributed by atoms with Gasteiger partial charge in [-0.15, -0.1) is 11.3 Å². The third-order valence-corrected chi connectivity index (χ3v) is 5.34. The minimum absolute atomic E-state index is 0.170. The van der Waals surface area contributed by atoms with Crippen molar-refractivity contribution in [3.8, 4) is 5.75 Å². The van der Waals surface area contributed by atoms with Crippen LogP contribution in [0, 0.1) is 5.82 Å². The summed E-state index contributed by atoms with van der Waals surface area (Å²) >= 11 is 5.05. The molecule has 0 bridgehead atoms. The van der Waals surface area contributed by atoms with Gasteiger partial charge in [0.25, 0.3) is 0 Å². The third-order valence-electron chi connectivity index (χ3n) is 3.37. The van der Waals surface area contributed by atoms with Crippen molar-refractivity contribution in [2.24, 2.45) is 0 Å². The molecule has 108 valence electrons. The summed E-state index contributed by atoms with van der Waals surface area (Å²) in [5.74, 6) is -0.307. The third kappa shape index (κ3) is 2.57. The molecule has 0 spiro atoms. The molecular weight excluding hydrogens is 355 g/mol. The van der Waals surface area contributed by atoms with Crippen LogP contribution in [-0.4, -0.2) is 12.2 Å². The molecule has 0 radical (unpaired) electrons. The Hall–Kier alpha value is -1.43. The van der Waals surface area contributed by atoms with Gasteiger partial charge in [0.2, 0.25) is 0 Å². The Balaban J connectivity index is 2.06. The minimum atomic E-state index is -0.867. The second-order valence-corrected chi connectivity index (χ2v) is 6.34. The summed E-state index contributed by atoms with van der Waals surface area (Å²) in [6, 6.07) is 10.3. The number of halogens is 2. The van der Waals surface area contributed by atoms with E-state index in [9.17, 15) is 9.50 Å². The van der Waals surface area contributed by atoms with Gasteiger partial charge in [0.05, 0.1) is 7.11 Å². The first kappa shape index (κ1) is 14.5. The number of ether oxygens (including phenoxy) is 1. The van der Waals surface area contributed by atoms with Crippen LogP contribution in [0.1, 0.15) is 17.2 Å². The molecule has 5 heteroatoms. The van der Waals surface area contributed by atoms with Crippen molar-refractivity contribution >= 4 is 37.4 Å². The molecule has 0 aliphatic carbocycles. The highest BCUT2D eigenvalue weighted by Crippen LogP contribution is 2.37. The highest BCUT2D eigenvalue weighted by Gasteiger charge is 2.17. The number of thiophene rings is 1. The van der Waals surface area contributed by atoms with Crippen molar-refractivity contribution in [2.75, 3.05) is 7.11 Å². The lowest BCUT2D eigenvalue weighted by molar-refractivity contribution is 0.221. The molecule has 0 fully saturated rings. The summed E-state index contributed by atoms with van der Waals surface area (Å²) in [7, 11) is 1.42. The summed E-state index contributed by atoms with van der Waals surface area (Å²) < 4.78 is 20.7. The molecule has 0 saturated heterocycles. The Morgan fingerprint density at radius 3 is 2.81 bits per heavy atom. The van der Waals surface area contributed by atoms with Crippen molar-refractivity contribution in [3.05, 3.63) is 63.2 Å². The van der Waals surface area contributed by atoms with Gasteiger partial charge in [0.1, 0.15) is 6.10 Å². The van der Waals surface area contributed by atoms with Gasteiger partial charge in [0.15, 0.2) is 11.6 Å². The fourth-order valence-electron chi connectivity index (χ4n) is 2.29. The molecule has 0 aliphatic heterocycles. The first-order valence-corrected chi connectivity index (χ1v) is 7.96. The average Bonchev–Trinajstić information content (AvgIpc) is 2.92. The zero-order valence-electron chi connectivity index (χ0n) is 11.1. The van der Waals surface area contributed by atoms with E-state index in [4.69, 9.17) is 4.74 Å². The summed E-state index contributed by atoms with van der Waals surface area (Å²) in [5, 5.41) is 13.4. The zero-order chi connectivity index (χ0) is 15.0. The predicted octanol–water partition coefficient (Wildman–Crippen LogP) is 4.89. The Labute approximate surface area is 133 Å². The Morgan fingerprint density at radius 2 is 2.10 bits per heavy atom. The number of rotatable bonds is 3. The number of aliphatic hydroxyl groups is 1. The van der Waals surface area contributed by atoms with Gasteiger partial charge in [-0.2, -0.15) is 0 Å². The number of methoxy groups -OCH3 is 1. The molecular formula is C16H12BrFO2S. The second-order valence-electron chi connectivity index (χ2n) is 4.60. The van der Waals surface area contributed by atoms with E-state index in [0.29, 0.717) is 5.56 Å². The van der Waals surface area contributed by atoms with E-state index in [1.165, 1.54) is 19.2 Å². The molecule has 3 rings (SSSR count). The van der Waals surface area contributed by atoms with Crippen LogP contribution in [0.3, 0.4) is 0 Å². The summed E-state index contributed by atoms with van der Waals surface area (Å²) in [6.45, 7) is 0. The van der Waals surface area contributed by atoms with Gasteiger partial charge in [-0.1, -0.05) is 18.2 Å². The van der Waals surface area contributed by atoms with Crippen LogP contribution >= 0.6 is 27.3 Å². The van der Waals surface area contributed by atoms with E-state index < -0.39 is 11.9 Å². The quantitative estimate of drug-likeness (QED) is 0.714. The Kier molecular flexibility index (Phi) is 3.97. The molecule has 2 aromatic carbocycles. The molecule has 1 N–H and O–H groups in total. The molecule has 1 heterocycles. The second kappa shape index (κ2) is 5.75. The van der Waals surface area contributed by atoms with Crippen molar-refractivity contribution in [1.82, 2.24) is 0 Å². The maximum Gasteiger partial charge on any atom is 0.165 e. The Morgan fingerprint density at radius 1 is 1.29 bits per heavy atom. The molecule has 0 amide bonds. The summed E-state index contributed by atoms with van der Waals surface area (Å²) in [4.78, 5) is 0. The molecule has 1 unspecified atom stereocenters. The van der Waals surface area contributed by atoms with Crippen LogP contribution in [0.4, 0.5) is 4.39 Å². The molecule has 0 saturated carbocycles. The van der Waals surface area contributed by atoms with E-state index in [-0.39, 0.29) is 5.75 Å². The first-order valence-electron chi connectivity index (χ1n) is 6.29. The van der Waals surface area contributed by atoms with E-state index in [1.807, 2.05) is 23.6 Å². The largest absolute Gasteiger partial charge is 0.494 e. The van der Waals surface area contributed by atoms with Gasteiger partial charge in [-0.05, 0) is 50.5 Å². The predicted molar refractivity (Wildman–Crippen MR) is 86.5 cm³/mol. The van der Waals surface area contributed by atoms with Crippen LogP contribution in [0.15, 0.2) is 46.3 Å². The lowest BCUT2D eigenvalue weighted by atomic mass is 10.0. The number of hydrogen-bond donors (Lipinski definition) is 1. The van der Waals surface area contributed by atoms with Gasteiger partial charge in [0, 0.05) is 14.7 Å². The fraction of sp³-hybridized carbons (Fsp3) is 0.125. The number of hydrogen-bond acceptors (Lipinski definition) is 3. The number of benzene rings is 2.